The summed E-state index contributed by atoms with van der Waals surface area (Å²) in [6.07, 6.45) is 3.54. The quantitative estimate of drug-likeness (QED) is 0.760. The van der Waals surface area contributed by atoms with Gasteiger partial charge in [0.2, 0.25) is 0 Å². The van der Waals surface area contributed by atoms with Crippen LogP contribution in [0.4, 0.5) is 5.69 Å². The molecule has 0 spiro atoms. The highest BCUT2D eigenvalue weighted by Crippen LogP contribution is 2.35. The maximum Gasteiger partial charge on any atom is 0.263 e. The summed E-state index contributed by atoms with van der Waals surface area (Å²) in [6.45, 7) is 2.26. The van der Waals surface area contributed by atoms with Crippen molar-refractivity contribution in [1.82, 2.24) is 24.6 Å². The first kappa shape index (κ1) is 13.6. The van der Waals surface area contributed by atoms with E-state index >= 15 is 0 Å². The fourth-order valence-corrected chi connectivity index (χ4v) is 3.41. The number of aryl methyl sites for hydroxylation is 3. The summed E-state index contributed by atoms with van der Waals surface area (Å²) in [5, 5.41) is 8.03. The standard InChI is InChI=1S/C13H16N6OS/c1-7-9-10(14)11(21-13(9)19(3)17-7)12(20)16-6-8-15-4-5-18(8)2/h4-5H,6,14H2,1-3H3,(H,16,20). The fourth-order valence-electron chi connectivity index (χ4n) is 2.30. The van der Waals surface area contributed by atoms with Gasteiger partial charge in [-0.2, -0.15) is 5.10 Å². The van der Waals surface area contributed by atoms with Gasteiger partial charge < -0.3 is 15.6 Å². The lowest BCUT2D eigenvalue weighted by Gasteiger charge is -2.04. The van der Waals surface area contributed by atoms with Crippen molar-refractivity contribution >= 4 is 33.1 Å². The molecule has 3 aromatic heterocycles. The van der Waals surface area contributed by atoms with Gasteiger partial charge in [-0.15, -0.1) is 11.3 Å². The van der Waals surface area contributed by atoms with E-state index in [2.05, 4.69) is 15.4 Å². The van der Waals surface area contributed by atoms with E-state index < -0.39 is 0 Å². The molecule has 0 bridgehead atoms. The Kier molecular flexibility index (Phi) is 3.17. The lowest BCUT2D eigenvalue weighted by atomic mass is 10.2. The van der Waals surface area contributed by atoms with Crippen LogP contribution in [0.5, 0.6) is 0 Å². The number of nitrogens with two attached hydrogens (primary N) is 1. The second-order valence-corrected chi connectivity index (χ2v) is 5.87. The molecule has 0 radical (unpaired) electrons. The van der Waals surface area contributed by atoms with Crippen molar-refractivity contribution in [2.24, 2.45) is 14.1 Å². The third kappa shape index (κ3) is 2.17. The molecule has 3 heterocycles. The van der Waals surface area contributed by atoms with Crippen molar-refractivity contribution in [2.75, 3.05) is 5.73 Å². The van der Waals surface area contributed by atoms with Crippen molar-refractivity contribution < 1.29 is 4.79 Å². The van der Waals surface area contributed by atoms with Gasteiger partial charge in [0, 0.05) is 26.5 Å². The molecule has 0 saturated carbocycles. The number of thiophene rings is 1. The van der Waals surface area contributed by atoms with E-state index in [1.165, 1.54) is 11.3 Å². The summed E-state index contributed by atoms with van der Waals surface area (Å²) in [7, 11) is 3.73. The predicted octanol–water partition coefficient (Wildman–Crippen LogP) is 1.19. The number of nitrogens with zero attached hydrogens (tertiary/aromatic N) is 4. The van der Waals surface area contributed by atoms with Crippen LogP contribution in [0.1, 0.15) is 21.2 Å². The van der Waals surface area contributed by atoms with Crippen LogP contribution in [-0.4, -0.2) is 25.2 Å². The number of anilines is 1. The van der Waals surface area contributed by atoms with Crippen LogP contribution in [0.15, 0.2) is 12.4 Å². The highest BCUT2D eigenvalue weighted by Gasteiger charge is 2.20. The number of carbonyl (C=O) groups is 1. The fraction of sp³-hybridized carbons (Fsp3) is 0.308. The molecule has 3 rings (SSSR count). The van der Waals surface area contributed by atoms with Crippen LogP contribution < -0.4 is 11.1 Å². The van der Waals surface area contributed by atoms with Crippen molar-refractivity contribution in [3.05, 3.63) is 28.8 Å². The molecule has 0 unspecified atom stereocenters. The Bertz CT molecular complexity index is 827. The lowest BCUT2D eigenvalue weighted by Crippen LogP contribution is -2.24. The zero-order valence-electron chi connectivity index (χ0n) is 12.0. The minimum absolute atomic E-state index is 0.184. The molecule has 3 aromatic rings. The van der Waals surface area contributed by atoms with Gasteiger partial charge in [-0.1, -0.05) is 0 Å². The van der Waals surface area contributed by atoms with E-state index in [1.54, 1.807) is 10.9 Å². The molecule has 0 fully saturated rings. The zero-order valence-corrected chi connectivity index (χ0v) is 12.9. The third-order valence-electron chi connectivity index (χ3n) is 3.42. The molecule has 0 aliphatic heterocycles. The Hall–Kier alpha value is -2.35. The predicted molar refractivity (Wildman–Crippen MR) is 82.1 cm³/mol. The molecule has 1 amide bonds. The Morgan fingerprint density at radius 3 is 2.86 bits per heavy atom. The number of carbonyl (C=O) groups excluding carboxylic acids is 1. The molecular weight excluding hydrogens is 288 g/mol. The van der Waals surface area contributed by atoms with Crippen molar-refractivity contribution in [3.8, 4) is 0 Å². The number of fused-ring (bicyclic) bond motifs is 1. The maximum absolute atomic E-state index is 12.3. The average molecular weight is 304 g/mol. The molecule has 0 saturated heterocycles. The normalized spacial score (nSPS) is 11.2. The highest BCUT2D eigenvalue weighted by molar-refractivity contribution is 7.21. The first-order valence-corrected chi connectivity index (χ1v) is 7.26. The Morgan fingerprint density at radius 1 is 1.48 bits per heavy atom. The van der Waals surface area contributed by atoms with E-state index in [0.717, 1.165) is 21.7 Å². The van der Waals surface area contributed by atoms with Crippen LogP contribution in [0.25, 0.3) is 10.2 Å². The smallest absolute Gasteiger partial charge is 0.263 e. The topological polar surface area (TPSA) is 90.8 Å². The van der Waals surface area contributed by atoms with E-state index in [4.69, 9.17) is 5.73 Å². The van der Waals surface area contributed by atoms with E-state index in [-0.39, 0.29) is 5.91 Å². The van der Waals surface area contributed by atoms with Gasteiger partial charge in [0.25, 0.3) is 5.91 Å². The molecule has 21 heavy (non-hydrogen) atoms. The average Bonchev–Trinajstić information content (AvgIpc) is 3.06. The van der Waals surface area contributed by atoms with Crippen LogP contribution in [0.3, 0.4) is 0 Å². The molecule has 0 aliphatic rings. The first-order chi connectivity index (χ1) is 9.99. The highest BCUT2D eigenvalue weighted by atomic mass is 32.1. The second kappa shape index (κ2) is 4.88. The van der Waals surface area contributed by atoms with Crippen molar-refractivity contribution in [2.45, 2.75) is 13.5 Å². The zero-order chi connectivity index (χ0) is 15.1. The molecule has 0 atom stereocenters. The number of hydrogen-bond donors (Lipinski definition) is 2. The Balaban J connectivity index is 1.86. The Labute approximate surface area is 125 Å². The number of amides is 1. The van der Waals surface area contributed by atoms with Gasteiger partial charge in [0.1, 0.15) is 15.5 Å². The van der Waals surface area contributed by atoms with Gasteiger partial charge in [0.05, 0.1) is 23.3 Å². The number of hydrogen-bond acceptors (Lipinski definition) is 5. The van der Waals surface area contributed by atoms with Gasteiger partial charge in [-0.25, -0.2) is 4.98 Å². The van der Waals surface area contributed by atoms with Crippen LogP contribution in [0.2, 0.25) is 0 Å². The van der Waals surface area contributed by atoms with Crippen molar-refractivity contribution in [3.63, 3.8) is 0 Å². The number of nitrogens with one attached hydrogen (secondary N) is 1. The van der Waals surface area contributed by atoms with E-state index in [9.17, 15) is 4.79 Å². The van der Waals surface area contributed by atoms with Crippen LogP contribution >= 0.6 is 11.3 Å². The van der Waals surface area contributed by atoms with Crippen LogP contribution in [-0.2, 0) is 20.6 Å². The third-order valence-corrected chi connectivity index (χ3v) is 4.69. The number of nitrogen functional groups attached to an aromatic ring is 1. The van der Waals surface area contributed by atoms with Crippen molar-refractivity contribution in [1.29, 1.82) is 0 Å². The first-order valence-electron chi connectivity index (χ1n) is 6.45. The van der Waals surface area contributed by atoms with Crippen LogP contribution in [0, 0.1) is 6.92 Å². The SMILES string of the molecule is Cc1nn(C)c2sc(C(=O)NCc3nccn3C)c(N)c12. The summed E-state index contributed by atoms with van der Waals surface area (Å²) in [6, 6.07) is 0. The molecule has 0 aromatic carbocycles. The summed E-state index contributed by atoms with van der Waals surface area (Å²) < 4.78 is 3.61. The molecule has 7 nitrogen and oxygen atoms in total. The molecule has 3 N–H and O–H groups in total. The number of imidazole rings is 1. The largest absolute Gasteiger partial charge is 0.397 e. The number of aromatic nitrogens is 4. The minimum Gasteiger partial charge on any atom is -0.397 e. The summed E-state index contributed by atoms with van der Waals surface area (Å²) in [5.41, 5.74) is 7.44. The van der Waals surface area contributed by atoms with E-state index in [0.29, 0.717) is 17.1 Å². The van der Waals surface area contributed by atoms with Gasteiger partial charge in [0.15, 0.2) is 0 Å². The molecule has 8 heteroatoms. The van der Waals surface area contributed by atoms with Gasteiger partial charge in [-0.3, -0.25) is 9.48 Å². The monoisotopic (exact) mass is 304 g/mol. The molecular formula is C13H16N6OS. The summed E-state index contributed by atoms with van der Waals surface area (Å²) in [4.78, 5) is 17.9. The number of rotatable bonds is 3. The van der Waals surface area contributed by atoms with Gasteiger partial charge in [-0.05, 0) is 6.92 Å². The molecule has 110 valence electrons. The Morgan fingerprint density at radius 2 is 2.24 bits per heavy atom. The minimum atomic E-state index is -0.184. The second-order valence-electron chi connectivity index (χ2n) is 4.87. The van der Waals surface area contributed by atoms with E-state index in [1.807, 2.05) is 31.8 Å². The molecule has 0 aliphatic carbocycles. The van der Waals surface area contributed by atoms with Gasteiger partial charge >= 0.3 is 0 Å². The maximum atomic E-state index is 12.3. The lowest BCUT2D eigenvalue weighted by molar-refractivity contribution is 0.0954. The summed E-state index contributed by atoms with van der Waals surface area (Å²) >= 11 is 1.36. The summed E-state index contributed by atoms with van der Waals surface area (Å²) in [5.74, 6) is 0.608.